The minimum Gasteiger partial charge on any atom is -0.389 e. The molecule has 0 aliphatic heterocycles. The van der Waals surface area contributed by atoms with Gasteiger partial charge in [0.1, 0.15) is 4.99 Å². The first-order valence-corrected chi connectivity index (χ1v) is 3.92. The molecule has 2 rings (SSSR count). The Kier molecular flexibility index (Phi) is 1.55. The third-order valence-corrected chi connectivity index (χ3v) is 1.94. The van der Waals surface area contributed by atoms with E-state index in [9.17, 15) is 0 Å². The average molecular weight is 177 g/mol. The van der Waals surface area contributed by atoms with Crippen LogP contribution >= 0.6 is 12.2 Å². The number of thiocarbonyl (C=S) groups is 1. The standard InChI is InChI=1S/C8H7N3S/c9-8(12)5-2-1-3-6-7(5)11-4-10-6/h1-4H,(H2,9,12)(H,10,11). The number of para-hydroxylation sites is 1. The molecule has 3 nitrogen and oxygen atoms in total. The predicted molar refractivity (Wildman–Crippen MR) is 52.0 cm³/mol. The fourth-order valence-electron chi connectivity index (χ4n) is 1.16. The molecule has 0 bridgehead atoms. The number of hydrogen-bond donors (Lipinski definition) is 2. The second kappa shape index (κ2) is 2.57. The molecule has 1 aromatic carbocycles. The lowest BCUT2D eigenvalue weighted by Gasteiger charge is -1.97. The molecule has 0 amide bonds. The monoisotopic (exact) mass is 177 g/mol. The summed E-state index contributed by atoms with van der Waals surface area (Å²) < 4.78 is 0. The Balaban J connectivity index is 2.82. The van der Waals surface area contributed by atoms with Gasteiger partial charge < -0.3 is 10.7 Å². The summed E-state index contributed by atoms with van der Waals surface area (Å²) in [7, 11) is 0. The third kappa shape index (κ3) is 0.967. The summed E-state index contributed by atoms with van der Waals surface area (Å²) in [5.74, 6) is 0. The number of aromatic nitrogens is 2. The van der Waals surface area contributed by atoms with Gasteiger partial charge in [-0.05, 0) is 12.1 Å². The fourth-order valence-corrected chi connectivity index (χ4v) is 1.33. The van der Waals surface area contributed by atoms with E-state index in [1.165, 1.54) is 0 Å². The lowest BCUT2D eigenvalue weighted by atomic mass is 10.2. The number of H-pyrrole nitrogens is 1. The van der Waals surface area contributed by atoms with Crippen LogP contribution in [0.4, 0.5) is 0 Å². The van der Waals surface area contributed by atoms with Crippen molar-refractivity contribution in [2.75, 3.05) is 0 Å². The van der Waals surface area contributed by atoms with Gasteiger partial charge >= 0.3 is 0 Å². The van der Waals surface area contributed by atoms with E-state index in [0.717, 1.165) is 16.6 Å². The highest BCUT2D eigenvalue weighted by atomic mass is 32.1. The quantitative estimate of drug-likeness (QED) is 0.643. The number of benzene rings is 1. The van der Waals surface area contributed by atoms with E-state index < -0.39 is 0 Å². The highest BCUT2D eigenvalue weighted by molar-refractivity contribution is 7.80. The van der Waals surface area contributed by atoms with Gasteiger partial charge in [-0.3, -0.25) is 0 Å². The van der Waals surface area contributed by atoms with Crippen molar-refractivity contribution >= 4 is 28.2 Å². The number of imidazole rings is 1. The average Bonchev–Trinajstić information content (AvgIpc) is 2.49. The van der Waals surface area contributed by atoms with Crippen LogP contribution in [-0.2, 0) is 0 Å². The molecule has 0 fully saturated rings. The molecule has 0 aliphatic carbocycles. The molecule has 2 aromatic rings. The molecule has 0 radical (unpaired) electrons. The number of rotatable bonds is 1. The van der Waals surface area contributed by atoms with Gasteiger partial charge in [-0.25, -0.2) is 4.98 Å². The van der Waals surface area contributed by atoms with E-state index in [1.807, 2.05) is 18.2 Å². The lowest BCUT2D eigenvalue weighted by Crippen LogP contribution is -2.09. The summed E-state index contributed by atoms with van der Waals surface area (Å²) in [5.41, 5.74) is 8.14. The second-order valence-corrected chi connectivity index (χ2v) is 2.91. The Bertz CT molecular complexity index is 433. The van der Waals surface area contributed by atoms with Gasteiger partial charge in [0.2, 0.25) is 0 Å². The van der Waals surface area contributed by atoms with Crippen LogP contribution in [-0.4, -0.2) is 15.0 Å². The maximum absolute atomic E-state index is 5.52. The van der Waals surface area contributed by atoms with E-state index in [-0.39, 0.29) is 0 Å². The Morgan fingerprint density at radius 1 is 1.50 bits per heavy atom. The summed E-state index contributed by atoms with van der Waals surface area (Å²) >= 11 is 4.88. The maximum atomic E-state index is 5.52. The first-order valence-electron chi connectivity index (χ1n) is 3.51. The first-order chi connectivity index (χ1) is 5.79. The van der Waals surface area contributed by atoms with Gasteiger partial charge in [-0.1, -0.05) is 18.3 Å². The molecule has 1 heterocycles. The summed E-state index contributed by atoms with van der Waals surface area (Å²) in [6.45, 7) is 0. The van der Waals surface area contributed by atoms with Gasteiger partial charge in [0.15, 0.2) is 0 Å². The third-order valence-electron chi connectivity index (χ3n) is 1.72. The zero-order valence-corrected chi connectivity index (χ0v) is 7.06. The minimum absolute atomic E-state index is 0.382. The van der Waals surface area contributed by atoms with Crippen LogP contribution in [0.3, 0.4) is 0 Å². The minimum atomic E-state index is 0.382. The molecular formula is C8H7N3S. The van der Waals surface area contributed by atoms with Crippen LogP contribution in [0.15, 0.2) is 24.5 Å². The SMILES string of the molecule is NC(=S)c1cccc2[nH]cnc12. The first kappa shape index (κ1) is 7.24. The van der Waals surface area contributed by atoms with Crippen LogP contribution in [0, 0.1) is 0 Å². The van der Waals surface area contributed by atoms with E-state index in [2.05, 4.69) is 9.97 Å². The van der Waals surface area contributed by atoms with Gasteiger partial charge in [-0.2, -0.15) is 0 Å². The van der Waals surface area contributed by atoms with Crippen LogP contribution in [0.2, 0.25) is 0 Å². The zero-order chi connectivity index (χ0) is 8.55. The van der Waals surface area contributed by atoms with Gasteiger partial charge in [0.25, 0.3) is 0 Å². The molecule has 0 atom stereocenters. The zero-order valence-electron chi connectivity index (χ0n) is 6.24. The second-order valence-electron chi connectivity index (χ2n) is 2.47. The molecule has 0 unspecified atom stereocenters. The highest BCUT2D eigenvalue weighted by Crippen LogP contribution is 2.13. The number of aromatic amines is 1. The predicted octanol–water partition coefficient (Wildman–Crippen LogP) is 1.20. The van der Waals surface area contributed by atoms with Crippen molar-refractivity contribution in [1.82, 2.24) is 9.97 Å². The highest BCUT2D eigenvalue weighted by Gasteiger charge is 2.03. The normalized spacial score (nSPS) is 10.3. The smallest absolute Gasteiger partial charge is 0.106 e. The molecule has 12 heavy (non-hydrogen) atoms. The van der Waals surface area contributed by atoms with E-state index in [4.69, 9.17) is 18.0 Å². The largest absolute Gasteiger partial charge is 0.389 e. The van der Waals surface area contributed by atoms with Crippen molar-refractivity contribution in [3.63, 3.8) is 0 Å². The van der Waals surface area contributed by atoms with Gasteiger partial charge in [0, 0.05) is 5.56 Å². The van der Waals surface area contributed by atoms with E-state index in [1.54, 1.807) is 6.33 Å². The number of hydrogen-bond acceptors (Lipinski definition) is 2. The molecule has 0 saturated heterocycles. The lowest BCUT2D eigenvalue weighted by molar-refractivity contribution is 1.34. The number of fused-ring (bicyclic) bond motifs is 1. The number of nitrogens with zero attached hydrogens (tertiary/aromatic N) is 1. The number of nitrogens with two attached hydrogens (primary N) is 1. The van der Waals surface area contributed by atoms with Crippen LogP contribution < -0.4 is 5.73 Å². The Morgan fingerprint density at radius 2 is 2.33 bits per heavy atom. The molecule has 0 saturated carbocycles. The van der Waals surface area contributed by atoms with Crippen molar-refractivity contribution in [1.29, 1.82) is 0 Å². The van der Waals surface area contributed by atoms with E-state index in [0.29, 0.717) is 4.99 Å². The van der Waals surface area contributed by atoms with E-state index >= 15 is 0 Å². The summed E-state index contributed by atoms with van der Waals surface area (Å²) in [4.78, 5) is 7.49. The van der Waals surface area contributed by atoms with Crippen LogP contribution in [0.25, 0.3) is 11.0 Å². The van der Waals surface area contributed by atoms with Crippen molar-refractivity contribution in [2.24, 2.45) is 5.73 Å². The topological polar surface area (TPSA) is 54.7 Å². The Hall–Kier alpha value is -1.42. The molecule has 3 N–H and O–H groups in total. The molecule has 0 aliphatic rings. The van der Waals surface area contributed by atoms with Crippen molar-refractivity contribution in [2.45, 2.75) is 0 Å². The molecular weight excluding hydrogens is 170 g/mol. The number of nitrogens with one attached hydrogen (secondary N) is 1. The van der Waals surface area contributed by atoms with Crippen LogP contribution in [0.1, 0.15) is 5.56 Å². The van der Waals surface area contributed by atoms with Crippen molar-refractivity contribution < 1.29 is 0 Å². The van der Waals surface area contributed by atoms with Gasteiger partial charge in [0.05, 0.1) is 17.4 Å². The molecule has 0 spiro atoms. The summed E-state index contributed by atoms with van der Waals surface area (Å²) in [5, 5.41) is 0. The fraction of sp³-hybridized carbons (Fsp3) is 0. The Morgan fingerprint density at radius 3 is 3.08 bits per heavy atom. The molecule has 60 valence electrons. The maximum Gasteiger partial charge on any atom is 0.106 e. The van der Waals surface area contributed by atoms with Crippen molar-refractivity contribution in [3.05, 3.63) is 30.1 Å². The van der Waals surface area contributed by atoms with Crippen LogP contribution in [0.5, 0.6) is 0 Å². The Labute approximate surface area is 74.6 Å². The van der Waals surface area contributed by atoms with Crippen molar-refractivity contribution in [3.8, 4) is 0 Å². The molecule has 4 heteroatoms. The summed E-state index contributed by atoms with van der Waals surface area (Å²) in [6, 6.07) is 5.70. The molecule has 1 aromatic heterocycles. The summed E-state index contributed by atoms with van der Waals surface area (Å²) in [6.07, 6.45) is 1.63. The van der Waals surface area contributed by atoms with Gasteiger partial charge in [-0.15, -0.1) is 0 Å².